The summed E-state index contributed by atoms with van der Waals surface area (Å²) in [6.07, 6.45) is 3.84. The number of hydrogen-bond donors (Lipinski definition) is 1. The highest BCUT2D eigenvalue weighted by atomic mass is 35.5. The Kier molecular flexibility index (Phi) is 4.96. The van der Waals surface area contributed by atoms with Gasteiger partial charge in [0.2, 0.25) is 5.91 Å². The second-order valence-electron chi connectivity index (χ2n) is 3.35. The summed E-state index contributed by atoms with van der Waals surface area (Å²) in [4.78, 5) is 11.1. The van der Waals surface area contributed by atoms with Crippen molar-refractivity contribution < 1.29 is 4.79 Å². The number of carbonyl (C=O) groups excluding carboxylic acids is 1. The quantitative estimate of drug-likeness (QED) is 0.739. The van der Waals surface area contributed by atoms with Gasteiger partial charge >= 0.3 is 0 Å². The predicted molar refractivity (Wildman–Crippen MR) is 58.4 cm³/mol. The van der Waals surface area contributed by atoms with E-state index in [-0.39, 0.29) is 5.91 Å². The Labute approximate surface area is 88.8 Å². The third-order valence-corrected chi connectivity index (χ3v) is 3.74. The van der Waals surface area contributed by atoms with E-state index in [1.807, 2.05) is 11.8 Å². The van der Waals surface area contributed by atoms with E-state index in [0.717, 1.165) is 6.54 Å². The second-order valence-corrected chi connectivity index (χ2v) is 5.41. The van der Waals surface area contributed by atoms with Gasteiger partial charge in [-0.1, -0.05) is 6.42 Å². The van der Waals surface area contributed by atoms with E-state index in [1.54, 1.807) is 6.92 Å². The van der Waals surface area contributed by atoms with Crippen LogP contribution in [0.5, 0.6) is 0 Å². The largest absolute Gasteiger partial charge is 0.354 e. The fourth-order valence-corrected chi connectivity index (χ4v) is 2.64. The first-order chi connectivity index (χ1) is 6.20. The lowest BCUT2D eigenvalue weighted by atomic mass is 10.2. The maximum Gasteiger partial charge on any atom is 0.237 e. The van der Waals surface area contributed by atoms with Gasteiger partial charge in [0, 0.05) is 11.8 Å². The van der Waals surface area contributed by atoms with E-state index in [0.29, 0.717) is 5.25 Å². The zero-order valence-electron chi connectivity index (χ0n) is 7.88. The Morgan fingerprint density at radius 3 is 3.00 bits per heavy atom. The summed E-state index contributed by atoms with van der Waals surface area (Å²) in [7, 11) is 0. The molecule has 13 heavy (non-hydrogen) atoms. The Bertz CT molecular complexity index is 169. The molecule has 4 heteroatoms. The molecule has 2 atom stereocenters. The minimum atomic E-state index is -0.409. The van der Waals surface area contributed by atoms with E-state index in [2.05, 4.69) is 5.32 Å². The Morgan fingerprint density at radius 2 is 2.46 bits per heavy atom. The number of halogens is 1. The average Bonchev–Trinajstić information content (AvgIpc) is 2.15. The van der Waals surface area contributed by atoms with Crippen molar-refractivity contribution >= 4 is 29.3 Å². The number of alkyl halides is 1. The Morgan fingerprint density at radius 1 is 1.69 bits per heavy atom. The number of amides is 1. The van der Waals surface area contributed by atoms with Crippen LogP contribution < -0.4 is 5.32 Å². The van der Waals surface area contributed by atoms with E-state index in [1.165, 1.54) is 25.0 Å². The van der Waals surface area contributed by atoms with Crippen LogP contribution in [0.15, 0.2) is 0 Å². The van der Waals surface area contributed by atoms with E-state index in [4.69, 9.17) is 11.6 Å². The van der Waals surface area contributed by atoms with Crippen LogP contribution in [0, 0.1) is 0 Å². The standard InChI is InChI=1S/C9H16ClNOS/c1-7(10)9(12)11-6-8-4-2-3-5-13-8/h7-8H,2-6H2,1H3,(H,11,12). The van der Waals surface area contributed by atoms with Crippen LogP contribution in [-0.2, 0) is 4.79 Å². The number of hydrogen-bond acceptors (Lipinski definition) is 2. The molecule has 1 amide bonds. The molecule has 1 fully saturated rings. The molecule has 2 nitrogen and oxygen atoms in total. The zero-order chi connectivity index (χ0) is 9.68. The molecular formula is C9H16ClNOS. The molecule has 0 aromatic carbocycles. The molecule has 1 aliphatic rings. The van der Waals surface area contributed by atoms with Gasteiger partial charge in [-0.15, -0.1) is 11.6 Å². The van der Waals surface area contributed by atoms with Gasteiger partial charge in [-0.25, -0.2) is 0 Å². The van der Waals surface area contributed by atoms with E-state index < -0.39 is 5.38 Å². The molecule has 1 rings (SSSR count). The number of carbonyl (C=O) groups is 1. The van der Waals surface area contributed by atoms with Crippen LogP contribution in [0.3, 0.4) is 0 Å². The number of thioether (sulfide) groups is 1. The maximum atomic E-state index is 11.1. The summed E-state index contributed by atoms with van der Waals surface area (Å²) in [5, 5.41) is 3.06. The van der Waals surface area contributed by atoms with Crippen molar-refractivity contribution in [3.05, 3.63) is 0 Å². The molecule has 1 saturated heterocycles. The van der Waals surface area contributed by atoms with Gasteiger partial charge in [0.05, 0.1) is 0 Å². The first kappa shape index (κ1) is 11.2. The minimum absolute atomic E-state index is 0.0483. The molecular weight excluding hydrogens is 206 g/mol. The molecule has 1 N–H and O–H groups in total. The Hall–Kier alpha value is 0.110. The third kappa shape index (κ3) is 4.23. The normalized spacial score (nSPS) is 25.2. The predicted octanol–water partition coefficient (Wildman–Crippen LogP) is 2.02. The molecule has 0 saturated carbocycles. The van der Waals surface area contributed by atoms with Crippen LogP contribution in [0.2, 0.25) is 0 Å². The molecule has 2 unspecified atom stereocenters. The molecule has 76 valence electrons. The van der Waals surface area contributed by atoms with Crippen LogP contribution >= 0.6 is 23.4 Å². The number of nitrogens with one attached hydrogen (secondary N) is 1. The first-order valence-corrected chi connectivity index (χ1v) is 6.22. The van der Waals surface area contributed by atoms with Crippen molar-refractivity contribution in [1.29, 1.82) is 0 Å². The van der Waals surface area contributed by atoms with Crippen molar-refractivity contribution in [2.45, 2.75) is 36.8 Å². The fraction of sp³-hybridized carbons (Fsp3) is 0.889. The van der Waals surface area contributed by atoms with Gasteiger partial charge in [0.15, 0.2) is 0 Å². The zero-order valence-corrected chi connectivity index (χ0v) is 9.46. The maximum absolute atomic E-state index is 11.1. The van der Waals surface area contributed by atoms with Gasteiger partial charge in [-0.05, 0) is 25.5 Å². The summed E-state index contributed by atoms with van der Waals surface area (Å²) in [6.45, 7) is 2.48. The van der Waals surface area contributed by atoms with Crippen LogP contribution in [0.1, 0.15) is 26.2 Å². The highest BCUT2D eigenvalue weighted by Crippen LogP contribution is 2.24. The van der Waals surface area contributed by atoms with Gasteiger partial charge in [-0.3, -0.25) is 4.79 Å². The highest BCUT2D eigenvalue weighted by Gasteiger charge is 2.15. The lowest BCUT2D eigenvalue weighted by molar-refractivity contribution is -0.120. The average molecular weight is 222 g/mol. The summed E-state index contributed by atoms with van der Waals surface area (Å²) in [5.41, 5.74) is 0. The summed E-state index contributed by atoms with van der Waals surface area (Å²) in [6, 6.07) is 0. The topological polar surface area (TPSA) is 29.1 Å². The van der Waals surface area contributed by atoms with Crippen LogP contribution in [0.25, 0.3) is 0 Å². The molecule has 0 radical (unpaired) electrons. The lowest BCUT2D eigenvalue weighted by Gasteiger charge is -2.21. The Balaban J connectivity index is 2.13. The smallest absolute Gasteiger partial charge is 0.237 e. The van der Waals surface area contributed by atoms with Crippen molar-refractivity contribution in [3.8, 4) is 0 Å². The van der Waals surface area contributed by atoms with E-state index >= 15 is 0 Å². The third-order valence-electron chi connectivity index (χ3n) is 2.14. The van der Waals surface area contributed by atoms with Gasteiger partial charge in [-0.2, -0.15) is 11.8 Å². The molecule has 0 spiro atoms. The monoisotopic (exact) mass is 221 g/mol. The van der Waals surface area contributed by atoms with E-state index in [9.17, 15) is 4.79 Å². The van der Waals surface area contributed by atoms with Crippen molar-refractivity contribution in [2.24, 2.45) is 0 Å². The van der Waals surface area contributed by atoms with Crippen LogP contribution in [0.4, 0.5) is 0 Å². The minimum Gasteiger partial charge on any atom is -0.354 e. The molecule has 0 aromatic heterocycles. The highest BCUT2D eigenvalue weighted by molar-refractivity contribution is 7.99. The summed E-state index contributed by atoms with van der Waals surface area (Å²) >= 11 is 7.59. The van der Waals surface area contributed by atoms with Gasteiger partial charge in [0.25, 0.3) is 0 Å². The van der Waals surface area contributed by atoms with Crippen molar-refractivity contribution in [3.63, 3.8) is 0 Å². The summed E-state index contributed by atoms with van der Waals surface area (Å²) in [5.74, 6) is 1.18. The van der Waals surface area contributed by atoms with Crippen LogP contribution in [-0.4, -0.2) is 28.8 Å². The van der Waals surface area contributed by atoms with Crippen molar-refractivity contribution in [1.82, 2.24) is 5.32 Å². The van der Waals surface area contributed by atoms with Gasteiger partial charge in [0.1, 0.15) is 5.38 Å². The van der Waals surface area contributed by atoms with Gasteiger partial charge < -0.3 is 5.32 Å². The lowest BCUT2D eigenvalue weighted by Crippen LogP contribution is -2.35. The fourth-order valence-electron chi connectivity index (χ4n) is 1.32. The first-order valence-electron chi connectivity index (χ1n) is 4.73. The molecule has 1 heterocycles. The molecule has 0 bridgehead atoms. The molecule has 1 aliphatic heterocycles. The molecule has 0 aromatic rings. The molecule has 0 aliphatic carbocycles. The SMILES string of the molecule is CC(Cl)C(=O)NCC1CCCCS1. The second kappa shape index (κ2) is 5.76. The van der Waals surface area contributed by atoms with Crippen molar-refractivity contribution in [2.75, 3.05) is 12.3 Å². The summed E-state index contributed by atoms with van der Waals surface area (Å²) < 4.78 is 0. The number of rotatable bonds is 3.